The lowest BCUT2D eigenvalue weighted by atomic mass is 9.83. The molecular weight excluding hydrogens is 1140 g/mol. The predicted octanol–water partition coefficient (Wildman–Crippen LogP) is 6.47. The van der Waals surface area contributed by atoms with Crippen LogP contribution in [-0.4, -0.2) is 161 Å². The molecule has 4 aliphatic heterocycles. The van der Waals surface area contributed by atoms with Gasteiger partial charge in [0.05, 0.1) is 49.8 Å². The molecule has 1 aromatic carbocycles. The number of aliphatic hydroxyl groups is 1. The molecule has 6 amide bonds. The SMILES string of the molecule is COc1cc2cc(c1Cl)N(C)C(=O)C[C@H](OC(=O)[C@H](C)N(C)C(=O)CCSSC(C)(C)CC(=O)N/N=C1/CCCc3nc(OCCCC(=O)ON4C(=O)CCC4=O)ccc31)C1(C)O[C@H]1[C@H](C)[C@@H]1C[C@@](O)(NC(=O)O1)[C@H](OC)/C=C/C=C(\C)C2. The van der Waals surface area contributed by atoms with Gasteiger partial charge in [0.1, 0.15) is 40.7 Å². The Balaban J connectivity index is 0.925. The third kappa shape index (κ3) is 16.1. The number of hydrogen-bond donors (Lipinski definition) is 3. The van der Waals surface area contributed by atoms with Crippen molar-refractivity contribution in [1.82, 2.24) is 25.7 Å². The Hall–Kier alpha value is -6.25. The number of aromatic nitrogens is 1. The van der Waals surface area contributed by atoms with E-state index in [0.717, 1.165) is 28.8 Å². The number of nitrogens with one attached hydrogen (secondary N) is 2. The van der Waals surface area contributed by atoms with Crippen molar-refractivity contribution in [2.75, 3.05) is 45.6 Å². The maximum absolute atomic E-state index is 14.4. The molecule has 1 aromatic heterocycles. The lowest BCUT2D eigenvalue weighted by Gasteiger charge is -2.42. The van der Waals surface area contributed by atoms with Crippen molar-refractivity contribution in [2.24, 2.45) is 11.0 Å². The zero-order valence-corrected chi connectivity index (χ0v) is 50.8. The number of esters is 1. The van der Waals surface area contributed by atoms with E-state index in [-0.39, 0.29) is 74.8 Å². The molecule has 452 valence electrons. The van der Waals surface area contributed by atoms with Crippen LogP contribution >= 0.6 is 33.2 Å². The minimum atomic E-state index is -1.88. The number of epoxide rings is 1. The third-order valence-electron chi connectivity index (χ3n) is 15.2. The van der Waals surface area contributed by atoms with Gasteiger partial charge < -0.3 is 48.2 Å². The summed E-state index contributed by atoms with van der Waals surface area (Å²) in [7, 11) is 8.78. The molecule has 0 spiro atoms. The maximum Gasteiger partial charge on any atom is 0.409 e. The number of halogens is 1. The number of anilines is 1. The van der Waals surface area contributed by atoms with Gasteiger partial charge in [0.2, 0.25) is 23.6 Å². The average Bonchev–Trinajstić information content (AvgIpc) is 2.25. The summed E-state index contributed by atoms with van der Waals surface area (Å²) in [5, 5.41) is 19.6. The summed E-state index contributed by atoms with van der Waals surface area (Å²) in [4.78, 5) is 116. The summed E-state index contributed by atoms with van der Waals surface area (Å²) >= 11 is 6.84. The first-order valence-electron chi connectivity index (χ1n) is 27.5. The summed E-state index contributed by atoms with van der Waals surface area (Å²) in [5.74, 6) is -3.27. The highest BCUT2D eigenvalue weighted by atomic mass is 35.5. The van der Waals surface area contributed by atoms with Gasteiger partial charge in [-0.05, 0) is 90.5 Å². The average molecular weight is 1210 g/mol. The van der Waals surface area contributed by atoms with Crippen LogP contribution in [0.2, 0.25) is 5.02 Å². The summed E-state index contributed by atoms with van der Waals surface area (Å²) in [6.07, 6.45) is 2.91. The molecule has 5 heterocycles. The summed E-state index contributed by atoms with van der Waals surface area (Å²) < 4.78 is 34.7. The van der Waals surface area contributed by atoms with E-state index >= 15 is 0 Å². The first kappa shape index (κ1) is 64.3. The largest absolute Gasteiger partial charge is 0.495 e. The molecular formula is C57H74ClN7O16S2. The Morgan fingerprint density at radius 1 is 1.07 bits per heavy atom. The van der Waals surface area contributed by atoms with E-state index in [4.69, 9.17) is 44.9 Å². The Bertz CT molecular complexity index is 2910. The molecule has 3 saturated heterocycles. The van der Waals surface area contributed by atoms with Crippen LogP contribution in [0.1, 0.15) is 123 Å². The van der Waals surface area contributed by atoms with Crippen LogP contribution in [0, 0.1) is 5.92 Å². The number of methoxy groups -OCH3 is 2. The van der Waals surface area contributed by atoms with E-state index in [1.165, 1.54) is 59.6 Å². The Morgan fingerprint density at radius 3 is 2.52 bits per heavy atom. The highest BCUT2D eigenvalue weighted by Gasteiger charge is 2.64. The number of imide groups is 1. The lowest BCUT2D eigenvalue weighted by molar-refractivity contribution is -0.197. The number of hydrazone groups is 1. The van der Waals surface area contributed by atoms with Gasteiger partial charge in [-0.1, -0.05) is 63.9 Å². The number of carbonyl (C=O) groups excluding carboxylic acids is 8. The van der Waals surface area contributed by atoms with Gasteiger partial charge in [-0.25, -0.2) is 24.8 Å². The van der Waals surface area contributed by atoms with Gasteiger partial charge in [0.25, 0.3) is 11.8 Å². The second kappa shape index (κ2) is 27.6. The lowest BCUT2D eigenvalue weighted by Crippen LogP contribution is -2.63. The number of pyridine rings is 1. The summed E-state index contributed by atoms with van der Waals surface area (Å²) in [5.41, 5.74) is 3.76. The van der Waals surface area contributed by atoms with Crippen LogP contribution in [-0.2, 0) is 70.2 Å². The van der Waals surface area contributed by atoms with Crippen molar-refractivity contribution < 1.29 is 76.7 Å². The molecule has 7 rings (SSSR count). The highest BCUT2D eigenvalue weighted by molar-refractivity contribution is 8.77. The van der Waals surface area contributed by atoms with Crippen LogP contribution in [0.15, 0.2) is 53.2 Å². The predicted molar refractivity (Wildman–Crippen MR) is 308 cm³/mol. The highest BCUT2D eigenvalue weighted by Crippen LogP contribution is 2.49. The number of aryl methyl sites for hydroxylation is 1. The molecule has 26 heteroatoms. The van der Waals surface area contributed by atoms with Gasteiger partial charge in [0.15, 0.2) is 5.72 Å². The fraction of sp³-hybridized carbons (Fsp3) is 0.579. The Morgan fingerprint density at radius 2 is 1.81 bits per heavy atom. The van der Waals surface area contributed by atoms with Crippen molar-refractivity contribution in [1.29, 1.82) is 0 Å². The first-order chi connectivity index (χ1) is 39.3. The molecule has 3 N–H and O–H groups in total. The molecule has 1 unspecified atom stereocenters. The number of allylic oxidation sites excluding steroid dienone is 3. The van der Waals surface area contributed by atoms with Gasteiger partial charge in [-0.3, -0.25) is 29.3 Å². The van der Waals surface area contributed by atoms with Crippen LogP contribution in [0.4, 0.5) is 10.5 Å². The van der Waals surface area contributed by atoms with E-state index in [9.17, 15) is 43.5 Å². The number of benzene rings is 1. The van der Waals surface area contributed by atoms with E-state index < -0.39 is 88.2 Å². The van der Waals surface area contributed by atoms with E-state index in [1.54, 1.807) is 51.2 Å². The summed E-state index contributed by atoms with van der Waals surface area (Å²) in [6, 6.07) is 5.96. The number of nitrogens with zero attached hydrogens (tertiary/aromatic N) is 5. The molecule has 4 bridgehead atoms. The van der Waals surface area contributed by atoms with Crippen molar-refractivity contribution in [3.8, 4) is 11.6 Å². The minimum Gasteiger partial charge on any atom is -0.495 e. The number of ether oxygens (including phenoxy) is 6. The Kier molecular flexibility index (Phi) is 21.4. The number of fused-ring (bicyclic) bond motifs is 6. The molecule has 0 radical (unpaired) electrons. The number of likely N-dealkylation sites (N-methyl/N-ethyl adjacent to an activating group) is 1. The monoisotopic (exact) mass is 1210 g/mol. The summed E-state index contributed by atoms with van der Waals surface area (Å²) in [6.45, 7) is 10.9. The molecule has 3 fully saturated rings. The smallest absolute Gasteiger partial charge is 0.409 e. The second-order valence-electron chi connectivity index (χ2n) is 22.1. The molecule has 5 aliphatic rings. The van der Waals surface area contributed by atoms with Crippen LogP contribution < -0.4 is 25.1 Å². The van der Waals surface area contributed by atoms with E-state index in [0.29, 0.717) is 53.1 Å². The number of carbonyl (C=O) groups is 8. The number of hydroxylamine groups is 2. The number of rotatable bonds is 19. The van der Waals surface area contributed by atoms with Crippen LogP contribution in [0.3, 0.4) is 0 Å². The molecule has 0 saturated carbocycles. The topological polar surface area (TPSA) is 284 Å². The minimum absolute atomic E-state index is 0.0158. The maximum atomic E-state index is 14.4. The molecule has 1 aliphatic carbocycles. The molecule has 2 aromatic rings. The second-order valence-corrected chi connectivity index (χ2v) is 25.6. The zero-order valence-electron chi connectivity index (χ0n) is 48.4. The quantitative estimate of drug-likeness (QED) is 0.0339. The van der Waals surface area contributed by atoms with Gasteiger partial charge >= 0.3 is 18.0 Å². The van der Waals surface area contributed by atoms with Crippen molar-refractivity contribution in [2.45, 2.75) is 165 Å². The van der Waals surface area contributed by atoms with Gasteiger partial charge in [-0.15, -0.1) is 5.06 Å². The number of amides is 6. The van der Waals surface area contributed by atoms with Crippen molar-refractivity contribution >= 4 is 92.2 Å². The number of alkyl carbamates (subject to hydrolysis) is 1. The third-order valence-corrected chi connectivity index (χ3v) is 18.8. The molecule has 8 atom stereocenters. The Labute approximate surface area is 495 Å². The fourth-order valence-corrected chi connectivity index (χ4v) is 13.0. The van der Waals surface area contributed by atoms with E-state index in [1.807, 2.05) is 32.9 Å². The number of hydrogen-bond acceptors (Lipinski definition) is 20. The molecule has 83 heavy (non-hydrogen) atoms. The van der Waals surface area contributed by atoms with E-state index in [2.05, 4.69) is 20.8 Å². The van der Waals surface area contributed by atoms with Crippen LogP contribution in [0.5, 0.6) is 11.6 Å². The molecule has 23 nitrogen and oxygen atoms in total. The van der Waals surface area contributed by atoms with Crippen molar-refractivity contribution in [3.05, 3.63) is 69.9 Å². The standard InChI is InChI=1S/C57H74ClN7O16S2/c1-32-14-11-17-42(76-10)57(74)30-41(78-54(73)60-57)33(2)52-56(6,80-52)43(29-49(70)64(8)39-27-35(26-32)28-40(75-9)51(39)58)79-53(72)34(3)63(7)46(67)23-25-82-83-55(4,5)31-44(66)62-61-38-16-12-15-37-36(38)19-20-45(59-37)77-24-13-18-50(71)81-65-47(68)21-22-48(65)69/h11,14,17,19-20,27-28,33-34,41-43,52,74H,12-13,15-16,18,21-26,29-31H2,1-10H3,(H,60,73)(H,62,66)/b17-11+,32-14+,61-38-/t33-,34+,41+,42-,43+,52+,56?,57+/m1/s1. The first-order valence-corrected chi connectivity index (χ1v) is 30.2. The van der Waals surface area contributed by atoms with Crippen molar-refractivity contribution in [3.63, 3.8) is 0 Å². The normalized spacial score (nSPS) is 26.5. The van der Waals surface area contributed by atoms with Crippen LogP contribution in [0.25, 0.3) is 0 Å². The van der Waals surface area contributed by atoms with Gasteiger partial charge in [-0.2, -0.15) is 5.10 Å². The zero-order chi connectivity index (χ0) is 60.6. The van der Waals surface area contributed by atoms with Gasteiger partial charge in [0, 0.05) is 81.4 Å². The fourth-order valence-electron chi connectivity index (χ4n) is 10.2.